The molecule has 1 fully saturated rings. The zero-order valence-electron chi connectivity index (χ0n) is 11.5. The third-order valence-corrected chi connectivity index (χ3v) is 4.27. The predicted octanol–water partition coefficient (Wildman–Crippen LogP) is 0.356. The minimum atomic E-state index is -5.59. The van der Waals surface area contributed by atoms with Gasteiger partial charge in [0, 0.05) is 25.8 Å². The summed E-state index contributed by atoms with van der Waals surface area (Å²) in [5.74, 6) is -2.28. The molecule has 1 aliphatic heterocycles. The molecular weight excluding hydrogens is 312 g/mol. The van der Waals surface area contributed by atoms with Gasteiger partial charge in [-0.15, -0.1) is 0 Å². The first-order chi connectivity index (χ1) is 9.53. The second kappa shape index (κ2) is 6.32. The van der Waals surface area contributed by atoms with Gasteiger partial charge in [-0.25, -0.2) is 0 Å². The van der Waals surface area contributed by atoms with E-state index in [4.69, 9.17) is 9.29 Å². The second-order valence-electron chi connectivity index (χ2n) is 4.79. The van der Waals surface area contributed by atoms with Gasteiger partial charge in [0.15, 0.2) is 5.78 Å². The number of halogens is 2. The summed E-state index contributed by atoms with van der Waals surface area (Å²) >= 11 is 0. The van der Waals surface area contributed by atoms with Crippen molar-refractivity contribution in [1.29, 1.82) is 0 Å². The first kappa shape index (κ1) is 17.9. The first-order valence-corrected chi connectivity index (χ1v) is 7.72. The number of ketones is 1. The number of hydrogen-bond donors (Lipinski definition) is 2. The van der Waals surface area contributed by atoms with Crippen LogP contribution in [0.5, 0.6) is 0 Å². The minimum Gasteiger partial charge on any atom is -0.357 e. The lowest BCUT2D eigenvalue weighted by molar-refractivity contribution is -0.139. The van der Waals surface area contributed by atoms with Gasteiger partial charge >= 0.3 is 15.4 Å². The smallest absolute Gasteiger partial charge is 0.357 e. The molecule has 0 aliphatic carbocycles. The summed E-state index contributed by atoms with van der Waals surface area (Å²) in [5, 5.41) is -2.20. The van der Waals surface area contributed by atoms with E-state index >= 15 is 0 Å². The summed E-state index contributed by atoms with van der Waals surface area (Å²) < 4.78 is 61.8. The van der Waals surface area contributed by atoms with Gasteiger partial charge in [-0.1, -0.05) is 6.92 Å². The molecule has 0 aromatic heterocycles. The molecule has 1 aliphatic rings. The fraction of sp³-hybridized carbons (Fsp3) is 0.818. The largest absolute Gasteiger partial charge is 0.370 e. The summed E-state index contributed by atoms with van der Waals surface area (Å²) in [6.07, 6.45) is -3.78. The maximum Gasteiger partial charge on any atom is 0.370 e. The lowest BCUT2D eigenvalue weighted by Gasteiger charge is -2.20. The summed E-state index contributed by atoms with van der Waals surface area (Å²) in [4.78, 5) is 23.2. The van der Waals surface area contributed by atoms with Crippen molar-refractivity contribution < 1.29 is 36.1 Å². The molecule has 21 heavy (non-hydrogen) atoms. The molecule has 0 saturated carbocycles. The molecule has 0 aromatic carbocycles. The number of nitrogens with one attached hydrogen (secondary N) is 1. The number of ether oxygens (including phenoxy) is 1. The highest BCUT2D eigenvalue weighted by Gasteiger charge is 2.51. The standard InChI is InChI=1S/C11H17F2NO6S/c1-3-7(15)8-4-6(9(20-8)10(16)14-2)5-11(12,13)21(17,18)19/h6,8-9H,3-5H2,1-2H3,(H,14,16)(H,17,18,19). The molecule has 1 heterocycles. The van der Waals surface area contributed by atoms with E-state index < -0.39 is 45.8 Å². The zero-order valence-corrected chi connectivity index (χ0v) is 12.3. The molecule has 3 unspecified atom stereocenters. The van der Waals surface area contributed by atoms with Crippen LogP contribution in [0.4, 0.5) is 8.78 Å². The van der Waals surface area contributed by atoms with Gasteiger partial charge in [-0.3, -0.25) is 14.1 Å². The number of Topliss-reactive ketones (excluding diaryl/α,β-unsaturated/α-hetero) is 1. The maximum absolute atomic E-state index is 13.4. The molecule has 0 bridgehead atoms. The van der Waals surface area contributed by atoms with Gasteiger partial charge in [0.25, 0.3) is 0 Å². The number of rotatable bonds is 6. The van der Waals surface area contributed by atoms with E-state index in [-0.39, 0.29) is 18.6 Å². The average molecular weight is 329 g/mol. The Balaban J connectivity index is 2.96. The van der Waals surface area contributed by atoms with E-state index in [0.717, 1.165) is 0 Å². The highest BCUT2D eigenvalue weighted by molar-refractivity contribution is 7.86. The van der Waals surface area contributed by atoms with Crippen LogP contribution >= 0.6 is 0 Å². The van der Waals surface area contributed by atoms with Crippen molar-refractivity contribution in [3.63, 3.8) is 0 Å². The van der Waals surface area contributed by atoms with Gasteiger partial charge in [0.05, 0.1) is 0 Å². The third kappa shape index (κ3) is 3.95. The lowest BCUT2D eigenvalue weighted by atomic mass is 9.93. The lowest BCUT2D eigenvalue weighted by Crippen LogP contribution is -2.40. The fourth-order valence-corrected chi connectivity index (χ4v) is 2.62. The fourth-order valence-electron chi connectivity index (χ4n) is 2.20. The monoisotopic (exact) mass is 329 g/mol. The Hall–Kier alpha value is -1.13. The Labute approximate surface area is 120 Å². The van der Waals surface area contributed by atoms with Gasteiger partial charge in [0.2, 0.25) is 5.91 Å². The maximum atomic E-state index is 13.4. The predicted molar refractivity (Wildman–Crippen MR) is 67.2 cm³/mol. The number of amides is 1. The van der Waals surface area contributed by atoms with Crippen LogP contribution in [0, 0.1) is 5.92 Å². The highest BCUT2D eigenvalue weighted by Crippen LogP contribution is 2.38. The number of alkyl halides is 2. The summed E-state index contributed by atoms with van der Waals surface area (Å²) in [6, 6.07) is 0. The van der Waals surface area contributed by atoms with Crippen molar-refractivity contribution in [3.8, 4) is 0 Å². The van der Waals surface area contributed by atoms with Crippen LogP contribution in [0.3, 0.4) is 0 Å². The van der Waals surface area contributed by atoms with E-state index in [0.29, 0.717) is 0 Å². The average Bonchev–Trinajstić information content (AvgIpc) is 2.78. The molecule has 1 rings (SSSR count). The molecule has 122 valence electrons. The summed E-state index contributed by atoms with van der Waals surface area (Å²) in [5.41, 5.74) is 0. The van der Waals surface area contributed by atoms with Crippen molar-refractivity contribution in [3.05, 3.63) is 0 Å². The summed E-state index contributed by atoms with van der Waals surface area (Å²) in [6.45, 7) is 1.56. The second-order valence-corrected chi connectivity index (χ2v) is 6.34. The van der Waals surface area contributed by atoms with Crippen LogP contribution in [0.25, 0.3) is 0 Å². The van der Waals surface area contributed by atoms with E-state index in [2.05, 4.69) is 5.32 Å². The SMILES string of the molecule is CCC(=O)C1CC(CC(F)(F)S(=O)(=O)O)C(C(=O)NC)O1. The number of carbonyl (C=O) groups excluding carboxylic acids is 2. The van der Waals surface area contributed by atoms with Crippen molar-refractivity contribution in [2.75, 3.05) is 7.05 Å². The van der Waals surface area contributed by atoms with Gasteiger partial charge in [-0.05, 0) is 6.42 Å². The first-order valence-electron chi connectivity index (χ1n) is 6.28. The van der Waals surface area contributed by atoms with Crippen molar-refractivity contribution in [1.82, 2.24) is 5.32 Å². The van der Waals surface area contributed by atoms with Gasteiger partial charge < -0.3 is 10.1 Å². The van der Waals surface area contributed by atoms with Gasteiger partial charge in [-0.2, -0.15) is 17.2 Å². The molecule has 1 amide bonds. The Morgan fingerprint density at radius 3 is 2.43 bits per heavy atom. The molecular formula is C11H17F2NO6S. The normalized spacial score (nSPS) is 26.6. The molecule has 2 N–H and O–H groups in total. The van der Waals surface area contributed by atoms with Crippen LogP contribution in [0.2, 0.25) is 0 Å². The van der Waals surface area contributed by atoms with Crippen LogP contribution in [-0.2, 0) is 24.4 Å². The third-order valence-electron chi connectivity index (χ3n) is 3.35. The van der Waals surface area contributed by atoms with E-state index in [9.17, 15) is 26.8 Å². The number of carbonyl (C=O) groups is 2. The van der Waals surface area contributed by atoms with Crippen molar-refractivity contribution >= 4 is 21.8 Å². The van der Waals surface area contributed by atoms with Crippen molar-refractivity contribution in [2.24, 2.45) is 5.92 Å². The van der Waals surface area contributed by atoms with E-state index in [1.807, 2.05) is 0 Å². The number of hydrogen-bond acceptors (Lipinski definition) is 5. The molecule has 10 heteroatoms. The number of likely N-dealkylation sites (N-methyl/N-ethyl adjacent to an activating group) is 1. The van der Waals surface area contributed by atoms with Crippen LogP contribution in [0.1, 0.15) is 26.2 Å². The van der Waals surface area contributed by atoms with Crippen LogP contribution in [-0.4, -0.2) is 49.2 Å². The zero-order chi connectivity index (χ0) is 16.4. The quantitative estimate of drug-likeness (QED) is 0.681. The molecule has 1 saturated heterocycles. The van der Waals surface area contributed by atoms with Crippen LogP contribution in [0.15, 0.2) is 0 Å². The van der Waals surface area contributed by atoms with E-state index in [1.54, 1.807) is 6.92 Å². The Morgan fingerprint density at radius 2 is 2.00 bits per heavy atom. The van der Waals surface area contributed by atoms with Crippen molar-refractivity contribution in [2.45, 2.75) is 43.6 Å². The topological polar surface area (TPSA) is 110 Å². The molecule has 0 aromatic rings. The van der Waals surface area contributed by atoms with Gasteiger partial charge in [0.1, 0.15) is 12.2 Å². The Bertz CT molecular complexity index is 521. The summed E-state index contributed by atoms with van der Waals surface area (Å²) in [7, 11) is -4.33. The molecule has 7 nitrogen and oxygen atoms in total. The molecule has 0 spiro atoms. The highest BCUT2D eigenvalue weighted by atomic mass is 32.2. The Morgan fingerprint density at radius 1 is 1.43 bits per heavy atom. The van der Waals surface area contributed by atoms with E-state index in [1.165, 1.54) is 7.05 Å². The molecule has 0 radical (unpaired) electrons. The molecule has 3 atom stereocenters. The minimum absolute atomic E-state index is 0.104. The van der Waals surface area contributed by atoms with Crippen LogP contribution < -0.4 is 5.32 Å². The Kier molecular flexibility index (Phi) is 5.40.